The molecule has 3 nitrogen and oxygen atoms in total. The first-order valence-corrected chi connectivity index (χ1v) is 11.6. The Morgan fingerprint density at radius 3 is 1.76 bits per heavy atom. The van der Waals surface area contributed by atoms with Crippen LogP contribution in [0.1, 0.15) is 23.6 Å². The van der Waals surface area contributed by atoms with Crippen LogP contribution in [0.25, 0.3) is 50.2 Å². The lowest BCUT2D eigenvalue weighted by molar-refractivity contribution is 0.792. The van der Waals surface area contributed by atoms with Crippen molar-refractivity contribution in [2.45, 2.75) is 12.3 Å². The normalized spacial score (nSPS) is 15.4. The predicted octanol–water partition coefficient (Wildman–Crippen LogP) is 7.75. The van der Waals surface area contributed by atoms with Crippen molar-refractivity contribution >= 4 is 44.5 Å². The summed E-state index contributed by atoms with van der Waals surface area (Å²) in [5.41, 5.74) is 7.98. The van der Waals surface area contributed by atoms with E-state index in [-0.39, 0.29) is 5.92 Å². The monoisotopic (exact) mass is 435 g/mol. The van der Waals surface area contributed by atoms with E-state index in [4.69, 9.17) is 0 Å². The van der Waals surface area contributed by atoms with Gasteiger partial charge in [0, 0.05) is 45.2 Å². The third kappa shape index (κ3) is 2.57. The number of hydrogen-bond donors (Lipinski definition) is 0. The summed E-state index contributed by atoms with van der Waals surface area (Å²) in [4.78, 5) is 0. The molecule has 0 amide bonds. The maximum absolute atomic E-state index is 10.4. The number of fused-ring (bicyclic) bond motifs is 6. The molecule has 1 unspecified atom stereocenters. The van der Waals surface area contributed by atoms with Gasteiger partial charge in [0.2, 0.25) is 0 Å². The van der Waals surface area contributed by atoms with Crippen LogP contribution in [0.4, 0.5) is 0 Å². The van der Waals surface area contributed by atoms with Crippen LogP contribution < -0.4 is 0 Å². The molecule has 6 aromatic rings. The van der Waals surface area contributed by atoms with Gasteiger partial charge in [-0.15, -0.1) is 0 Å². The molecule has 0 spiro atoms. The standard InChI is InChI=1S/C31H21N3/c32-20-21-18-23(33-28-15-7-4-12-24(28)25-13-5-8-16-29(25)33)19-27-26-14-6-9-17-30(26)34(31(21)27)22-10-2-1-3-11-22/h1-17,19,21H,18H2. The molecule has 0 N–H and O–H groups in total. The van der Waals surface area contributed by atoms with Gasteiger partial charge in [0.05, 0.1) is 28.5 Å². The van der Waals surface area contributed by atoms with E-state index in [1.807, 2.05) is 6.07 Å². The second kappa shape index (κ2) is 7.23. The summed E-state index contributed by atoms with van der Waals surface area (Å²) in [6.45, 7) is 0. The van der Waals surface area contributed by atoms with Crippen LogP contribution >= 0.6 is 0 Å². The Balaban J connectivity index is 1.58. The summed E-state index contributed by atoms with van der Waals surface area (Å²) in [5, 5.41) is 14.0. The van der Waals surface area contributed by atoms with Gasteiger partial charge in [-0.1, -0.05) is 72.8 Å². The van der Waals surface area contributed by atoms with Gasteiger partial charge in [0.1, 0.15) is 0 Å². The maximum atomic E-state index is 10.4. The molecule has 1 aliphatic rings. The van der Waals surface area contributed by atoms with E-state index in [2.05, 4.69) is 118 Å². The zero-order valence-electron chi connectivity index (χ0n) is 18.5. The number of allylic oxidation sites excluding steroid dienone is 1. The Morgan fingerprint density at radius 2 is 1.15 bits per heavy atom. The average Bonchev–Trinajstić information content (AvgIpc) is 3.42. The molecule has 0 aliphatic heterocycles. The largest absolute Gasteiger partial charge is 0.313 e. The number of para-hydroxylation sites is 4. The lowest BCUT2D eigenvalue weighted by atomic mass is 9.90. The molecule has 0 fully saturated rings. The molecule has 0 bridgehead atoms. The van der Waals surface area contributed by atoms with E-state index in [9.17, 15) is 5.26 Å². The highest BCUT2D eigenvalue weighted by Gasteiger charge is 2.30. The van der Waals surface area contributed by atoms with Gasteiger partial charge in [0.15, 0.2) is 0 Å². The van der Waals surface area contributed by atoms with Crippen LogP contribution in [0.15, 0.2) is 103 Å². The van der Waals surface area contributed by atoms with Crippen LogP contribution in [-0.2, 0) is 0 Å². The lowest BCUT2D eigenvalue weighted by Crippen LogP contribution is -2.12. The minimum Gasteiger partial charge on any atom is -0.313 e. The van der Waals surface area contributed by atoms with Crippen LogP contribution in [0, 0.1) is 11.3 Å². The number of hydrogen-bond acceptors (Lipinski definition) is 1. The van der Waals surface area contributed by atoms with E-state index < -0.39 is 0 Å². The molecule has 2 heterocycles. The van der Waals surface area contributed by atoms with E-state index >= 15 is 0 Å². The minimum atomic E-state index is -0.248. The Morgan fingerprint density at radius 1 is 0.618 bits per heavy atom. The van der Waals surface area contributed by atoms with E-state index in [1.165, 1.54) is 27.2 Å². The number of nitrogens with zero attached hydrogens (tertiary/aromatic N) is 3. The first-order valence-electron chi connectivity index (χ1n) is 11.6. The maximum Gasteiger partial charge on any atom is 0.0929 e. The highest BCUT2D eigenvalue weighted by atomic mass is 15.0. The molecule has 2 aromatic heterocycles. The van der Waals surface area contributed by atoms with Crippen molar-refractivity contribution in [3.63, 3.8) is 0 Å². The fraction of sp³-hybridized carbons (Fsp3) is 0.0645. The number of rotatable bonds is 2. The van der Waals surface area contributed by atoms with Gasteiger partial charge < -0.3 is 9.13 Å². The summed E-state index contributed by atoms with van der Waals surface area (Å²) in [5.74, 6) is -0.248. The van der Waals surface area contributed by atoms with Crippen molar-refractivity contribution < 1.29 is 0 Å². The van der Waals surface area contributed by atoms with Crippen LogP contribution in [0.3, 0.4) is 0 Å². The zero-order chi connectivity index (χ0) is 22.6. The summed E-state index contributed by atoms with van der Waals surface area (Å²) >= 11 is 0. The molecule has 34 heavy (non-hydrogen) atoms. The Labute approximate surface area is 197 Å². The highest BCUT2D eigenvalue weighted by molar-refractivity contribution is 6.11. The summed E-state index contributed by atoms with van der Waals surface area (Å²) < 4.78 is 4.63. The fourth-order valence-electron chi connectivity index (χ4n) is 5.66. The van der Waals surface area contributed by atoms with Crippen LogP contribution in [0.5, 0.6) is 0 Å². The SMILES string of the molecule is N#CC1CC(n2c3ccccc3c3ccccc32)=Cc2c1n(-c1ccccc1)c1ccccc21. The molecular formula is C31H21N3. The molecular weight excluding hydrogens is 414 g/mol. The molecule has 1 atom stereocenters. The molecule has 0 saturated carbocycles. The van der Waals surface area contributed by atoms with Gasteiger partial charge in [-0.2, -0.15) is 5.26 Å². The number of aromatic nitrogens is 2. The van der Waals surface area contributed by atoms with Gasteiger partial charge in [-0.25, -0.2) is 0 Å². The Kier molecular flexibility index (Phi) is 4.03. The van der Waals surface area contributed by atoms with E-state index in [0.29, 0.717) is 6.42 Å². The van der Waals surface area contributed by atoms with Crippen molar-refractivity contribution in [2.24, 2.45) is 0 Å². The topological polar surface area (TPSA) is 33.6 Å². The molecule has 1 aliphatic carbocycles. The van der Waals surface area contributed by atoms with Gasteiger partial charge >= 0.3 is 0 Å². The Hall–Kier alpha value is -4.55. The lowest BCUT2D eigenvalue weighted by Gasteiger charge is -2.23. The van der Waals surface area contributed by atoms with Gasteiger partial charge in [-0.05, 0) is 36.4 Å². The third-order valence-electron chi connectivity index (χ3n) is 7.04. The van der Waals surface area contributed by atoms with Crippen molar-refractivity contribution in [3.05, 3.63) is 114 Å². The van der Waals surface area contributed by atoms with Crippen molar-refractivity contribution in [2.75, 3.05) is 0 Å². The molecule has 0 radical (unpaired) electrons. The van der Waals surface area contributed by atoms with E-state index in [1.54, 1.807) is 0 Å². The Bertz CT molecular complexity index is 1740. The highest BCUT2D eigenvalue weighted by Crippen LogP contribution is 2.44. The second-order valence-corrected chi connectivity index (χ2v) is 8.88. The number of benzene rings is 4. The third-order valence-corrected chi connectivity index (χ3v) is 7.04. The first-order chi connectivity index (χ1) is 16.8. The predicted molar refractivity (Wildman–Crippen MR) is 140 cm³/mol. The number of nitriles is 1. The molecule has 0 saturated heterocycles. The zero-order valence-corrected chi connectivity index (χ0v) is 18.5. The second-order valence-electron chi connectivity index (χ2n) is 8.88. The smallest absolute Gasteiger partial charge is 0.0929 e. The summed E-state index contributed by atoms with van der Waals surface area (Å²) in [6, 6.07) is 38.6. The fourth-order valence-corrected chi connectivity index (χ4v) is 5.66. The van der Waals surface area contributed by atoms with Crippen molar-refractivity contribution in [1.29, 1.82) is 5.26 Å². The van der Waals surface area contributed by atoms with Crippen molar-refractivity contribution in [1.82, 2.24) is 9.13 Å². The summed E-state index contributed by atoms with van der Waals surface area (Å²) in [6.07, 6.45) is 2.97. The first kappa shape index (κ1) is 19.0. The molecule has 7 rings (SSSR count). The quantitative estimate of drug-likeness (QED) is 0.274. The average molecular weight is 436 g/mol. The molecule has 4 aromatic carbocycles. The summed E-state index contributed by atoms with van der Waals surface area (Å²) in [7, 11) is 0. The minimum absolute atomic E-state index is 0.248. The van der Waals surface area contributed by atoms with Gasteiger partial charge in [-0.3, -0.25) is 0 Å². The van der Waals surface area contributed by atoms with Crippen LogP contribution in [-0.4, -0.2) is 9.13 Å². The van der Waals surface area contributed by atoms with Gasteiger partial charge in [0.25, 0.3) is 0 Å². The molecule has 160 valence electrons. The molecule has 3 heteroatoms. The van der Waals surface area contributed by atoms with Crippen LogP contribution in [0.2, 0.25) is 0 Å². The van der Waals surface area contributed by atoms with E-state index in [0.717, 1.165) is 28.2 Å². The van der Waals surface area contributed by atoms with Crippen molar-refractivity contribution in [3.8, 4) is 11.8 Å².